The van der Waals surface area contributed by atoms with Gasteiger partial charge in [0, 0.05) is 37.1 Å². The minimum atomic E-state index is -3.64. The highest BCUT2D eigenvalue weighted by Gasteiger charge is 2.22. The molecule has 1 aliphatic heterocycles. The number of rotatable bonds is 4. The van der Waals surface area contributed by atoms with E-state index in [9.17, 15) is 13.2 Å². The summed E-state index contributed by atoms with van der Waals surface area (Å²) in [5.74, 6) is 0.101. The van der Waals surface area contributed by atoms with Gasteiger partial charge in [0.1, 0.15) is 0 Å². The first-order valence-corrected chi connectivity index (χ1v) is 10.2. The Balaban J connectivity index is 1.98. The molecule has 6 nitrogen and oxygen atoms in total. The lowest BCUT2D eigenvalue weighted by atomic mass is 9.96. The molecule has 0 spiro atoms. The van der Waals surface area contributed by atoms with Gasteiger partial charge in [0.25, 0.3) is 0 Å². The molecule has 8 heteroatoms. The number of sulfonamides is 1. The summed E-state index contributed by atoms with van der Waals surface area (Å²) in [6.07, 6.45) is 4.58. The van der Waals surface area contributed by atoms with Gasteiger partial charge in [0.2, 0.25) is 15.9 Å². The third-order valence-electron chi connectivity index (χ3n) is 4.75. The highest BCUT2D eigenvalue weighted by atomic mass is 35.5. The largest absolute Gasteiger partial charge is 0.315 e. The molecule has 138 valence electrons. The second-order valence-electron chi connectivity index (χ2n) is 6.56. The van der Waals surface area contributed by atoms with E-state index in [0.29, 0.717) is 23.4 Å². The van der Waals surface area contributed by atoms with E-state index in [-0.39, 0.29) is 12.3 Å². The summed E-state index contributed by atoms with van der Waals surface area (Å²) < 4.78 is 23.0. The first kappa shape index (κ1) is 18.8. The average molecular weight is 394 g/mol. The Morgan fingerprint density at radius 1 is 1.31 bits per heavy atom. The maximum atomic E-state index is 11.8. The fourth-order valence-electron chi connectivity index (χ4n) is 3.08. The van der Waals surface area contributed by atoms with Crippen LogP contribution in [0.2, 0.25) is 5.02 Å². The zero-order valence-corrected chi connectivity index (χ0v) is 16.1. The molecule has 2 heterocycles. The third-order valence-corrected chi connectivity index (χ3v) is 6.49. The van der Waals surface area contributed by atoms with Crippen molar-refractivity contribution in [3.05, 3.63) is 46.7 Å². The van der Waals surface area contributed by atoms with Crippen LogP contribution in [0, 0.1) is 0 Å². The lowest BCUT2D eigenvalue weighted by molar-refractivity contribution is -0.118. The Bertz CT molecular complexity index is 976. The normalized spacial score (nSPS) is 15.7. The zero-order chi connectivity index (χ0) is 19.1. The van der Waals surface area contributed by atoms with Crippen LogP contribution >= 0.6 is 11.6 Å². The number of benzene rings is 1. The number of nitrogens with zero attached hydrogens (tertiary/aromatic N) is 2. The van der Waals surface area contributed by atoms with Gasteiger partial charge in [0.05, 0.1) is 10.3 Å². The van der Waals surface area contributed by atoms with Gasteiger partial charge in [-0.2, -0.15) is 0 Å². The van der Waals surface area contributed by atoms with Crippen molar-refractivity contribution in [3.63, 3.8) is 0 Å². The smallest absolute Gasteiger partial charge is 0.227 e. The number of aryl methyl sites for hydroxylation is 1. The molecule has 0 fully saturated rings. The first-order valence-electron chi connectivity index (χ1n) is 8.22. The number of primary sulfonamides is 1. The number of anilines is 1. The van der Waals surface area contributed by atoms with Crippen LogP contribution in [-0.2, 0) is 27.7 Å². The van der Waals surface area contributed by atoms with E-state index in [0.717, 1.165) is 22.4 Å². The van der Waals surface area contributed by atoms with Gasteiger partial charge in [-0.15, -0.1) is 0 Å². The number of nitrogens with two attached hydrogens (primary N) is 1. The number of pyridine rings is 1. The molecule has 1 amide bonds. The third kappa shape index (κ3) is 3.60. The number of amides is 1. The lowest BCUT2D eigenvalue weighted by Gasteiger charge is -2.26. The monoisotopic (exact) mass is 393 g/mol. The number of fused-ring (bicyclic) bond motifs is 1. The molecule has 0 aliphatic carbocycles. The molecule has 2 N–H and O–H groups in total. The second-order valence-corrected chi connectivity index (χ2v) is 8.92. The number of hydrogen-bond donors (Lipinski definition) is 1. The quantitative estimate of drug-likeness (QED) is 0.863. The van der Waals surface area contributed by atoms with Crippen LogP contribution in [0.3, 0.4) is 0 Å². The Morgan fingerprint density at radius 3 is 2.73 bits per heavy atom. The van der Waals surface area contributed by atoms with Crippen molar-refractivity contribution in [2.75, 3.05) is 11.9 Å². The van der Waals surface area contributed by atoms with Crippen molar-refractivity contribution in [2.45, 2.75) is 31.4 Å². The van der Waals surface area contributed by atoms with Crippen LogP contribution in [0.15, 0.2) is 30.6 Å². The average Bonchev–Trinajstić information content (AvgIpc) is 2.59. The van der Waals surface area contributed by atoms with E-state index in [2.05, 4.69) is 4.98 Å². The molecule has 1 aromatic heterocycles. The molecule has 0 bridgehead atoms. The van der Waals surface area contributed by atoms with Gasteiger partial charge in [-0.3, -0.25) is 9.78 Å². The summed E-state index contributed by atoms with van der Waals surface area (Å²) in [6, 6.07) is 5.80. The lowest BCUT2D eigenvalue weighted by Crippen LogP contribution is -2.30. The van der Waals surface area contributed by atoms with Gasteiger partial charge in [-0.25, -0.2) is 13.6 Å². The van der Waals surface area contributed by atoms with Gasteiger partial charge in [-0.05, 0) is 48.6 Å². The standard InChI is InChI=1S/C18H20ClN3O3S/c1-11(26(20,24)25)7-14-9-21-10-15(18(14)19)12-3-5-16-13(8-12)4-6-17(23)22(16)2/h3,5,8-11H,4,6-7H2,1-2H3,(H2,20,24,25). The molecule has 1 atom stereocenters. The van der Waals surface area contributed by atoms with E-state index in [4.69, 9.17) is 16.7 Å². The maximum Gasteiger partial charge on any atom is 0.227 e. The molecule has 0 saturated carbocycles. The number of carbonyl (C=O) groups excluding carboxylic acids is 1. The summed E-state index contributed by atoms with van der Waals surface area (Å²) in [4.78, 5) is 17.7. The molecule has 1 aliphatic rings. The van der Waals surface area contributed by atoms with Crippen molar-refractivity contribution >= 4 is 33.2 Å². The summed E-state index contributed by atoms with van der Waals surface area (Å²) in [5.41, 5.74) is 4.22. The van der Waals surface area contributed by atoms with Crippen molar-refractivity contribution in [1.82, 2.24) is 4.98 Å². The van der Waals surface area contributed by atoms with Crippen molar-refractivity contribution in [2.24, 2.45) is 5.14 Å². The summed E-state index contributed by atoms with van der Waals surface area (Å²) in [6.45, 7) is 1.55. The molecule has 3 rings (SSSR count). The van der Waals surface area contributed by atoms with E-state index >= 15 is 0 Å². The van der Waals surface area contributed by atoms with Crippen LogP contribution in [-0.4, -0.2) is 31.6 Å². The zero-order valence-electron chi connectivity index (χ0n) is 14.6. The number of carbonyl (C=O) groups is 1. The van der Waals surface area contributed by atoms with Crippen LogP contribution in [0.5, 0.6) is 0 Å². The van der Waals surface area contributed by atoms with E-state index in [1.807, 2.05) is 18.2 Å². The van der Waals surface area contributed by atoms with Gasteiger partial charge in [0.15, 0.2) is 0 Å². The highest BCUT2D eigenvalue weighted by molar-refractivity contribution is 7.89. The number of hydrogen-bond acceptors (Lipinski definition) is 4. The van der Waals surface area contributed by atoms with Crippen molar-refractivity contribution in [1.29, 1.82) is 0 Å². The van der Waals surface area contributed by atoms with Gasteiger partial charge in [-0.1, -0.05) is 17.7 Å². The SMILES string of the molecule is CC(Cc1cncc(-c2ccc3c(c2)CCC(=O)N3C)c1Cl)S(N)(=O)=O. The Morgan fingerprint density at radius 2 is 2.04 bits per heavy atom. The minimum absolute atomic E-state index is 0.101. The Hall–Kier alpha value is -1.96. The predicted molar refractivity (Wildman–Crippen MR) is 103 cm³/mol. The van der Waals surface area contributed by atoms with Gasteiger partial charge >= 0.3 is 0 Å². The van der Waals surface area contributed by atoms with Crippen molar-refractivity contribution in [3.8, 4) is 11.1 Å². The highest BCUT2D eigenvalue weighted by Crippen LogP contribution is 2.35. The number of halogens is 1. The summed E-state index contributed by atoms with van der Waals surface area (Å²) >= 11 is 6.53. The maximum absolute atomic E-state index is 11.8. The first-order chi connectivity index (χ1) is 12.2. The van der Waals surface area contributed by atoms with E-state index in [1.165, 1.54) is 0 Å². The molecule has 0 radical (unpaired) electrons. The van der Waals surface area contributed by atoms with Crippen LogP contribution in [0.25, 0.3) is 11.1 Å². The molecule has 0 saturated heterocycles. The molecular formula is C18H20ClN3O3S. The Kier molecular flexibility index (Phi) is 5.05. The van der Waals surface area contributed by atoms with E-state index < -0.39 is 15.3 Å². The Labute approximate surface area is 158 Å². The molecule has 1 unspecified atom stereocenters. The predicted octanol–water partition coefficient (Wildman–Crippen LogP) is 2.53. The molecule has 2 aromatic rings. The van der Waals surface area contributed by atoms with Crippen molar-refractivity contribution < 1.29 is 13.2 Å². The molecule has 1 aromatic carbocycles. The summed E-state index contributed by atoms with van der Waals surface area (Å²) in [7, 11) is -1.87. The molecular weight excluding hydrogens is 374 g/mol. The van der Waals surface area contributed by atoms with E-state index in [1.54, 1.807) is 31.3 Å². The van der Waals surface area contributed by atoms with Gasteiger partial charge < -0.3 is 4.90 Å². The topological polar surface area (TPSA) is 93.4 Å². The number of aromatic nitrogens is 1. The minimum Gasteiger partial charge on any atom is -0.315 e. The molecule has 26 heavy (non-hydrogen) atoms. The van der Waals surface area contributed by atoms with Crippen LogP contribution in [0.1, 0.15) is 24.5 Å². The fourth-order valence-corrected chi connectivity index (χ4v) is 3.78. The second kappa shape index (κ2) is 6.98. The summed E-state index contributed by atoms with van der Waals surface area (Å²) in [5, 5.41) is 4.92. The van der Waals surface area contributed by atoms with Crippen LogP contribution in [0.4, 0.5) is 5.69 Å². The van der Waals surface area contributed by atoms with Crippen LogP contribution < -0.4 is 10.0 Å². The fraction of sp³-hybridized carbons (Fsp3) is 0.333.